The van der Waals surface area contributed by atoms with Gasteiger partial charge in [-0.15, -0.1) is 0 Å². The summed E-state index contributed by atoms with van der Waals surface area (Å²) in [4.78, 5) is 13.4. The van der Waals surface area contributed by atoms with Crippen LogP contribution in [-0.2, 0) is 6.42 Å². The molecule has 7 heteroatoms. The van der Waals surface area contributed by atoms with Gasteiger partial charge < -0.3 is 5.73 Å². The van der Waals surface area contributed by atoms with E-state index >= 15 is 0 Å². The summed E-state index contributed by atoms with van der Waals surface area (Å²) in [5.41, 5.74) is 10.4. The second kappa shape index (κ2) is 6.44. The van der Waals surface area contributed by atoms with Crippen molar-refractivity contribution in [3.63, 3.8) is 0 Å². The summed E-state index contributed by atoms with van der Waals surface area (Å²) in [5, 5.41) is 8.16. The largest absolute Gasteiger partial charge is 0.382 e. The van der Waals surface area contributed by atoms with Gasteiger partial charge in [0.15, 0.2) is 5.82 Å². The standard InChI is InChI=1S/C19H15FN6/c1-11-2-7-14(26-25-11)10-17-22-16-9-8-15(23-18(16)19(21)24-17)12-3-5-13(20)6-4-12/h2-9H,10H2,1H3,(H2,21,22,24). The molecule has 0 radical (unpaired) electrons. The summed E-state index contributed by atoms with van der Waals surface area (Å²) < 4.78 is 13.1. The van der Waals surface area contributed by atoms with Gasteiger partial charge in [0.1, 0.15) is 17.2 Å². The Morgan fingerprint density at radius 3 is 2.42 bits per heavy atom. The number of benzene rings is 1. The second-order valence-corrected chi connectivity index (χ2v) is 5.94. The van der Waals surface area contributed by atoms with Crippen molar-refractivity contribution in [1.29, 1.82) is 0 Å². The predicted molar refractivity (Wildman–Crippen MR) is 96.7 cm³/mol. The Morgan fingerprint density at radius 2 is 1.69 bits per heavy atom. The van der Waals surface area contributed by atoms with Crippen molar-refractivity contribution in [2.45, 2.75) is 13.3 Å². The molecule has 4 rings (SSSR count). The molecular formula is C19H15FN6. The molecule has 2 N–H and O–H groups in total. The molecule has 26 heavy (non-hydrogen) atoms. The molecule has 0 amide bonds. The fourth-order valence-electron chi connectivity index (χ4n) is 2.63. The highest BCUT2D eigenvalue weighted by molar-refractivity contribution is 5.86. The molecule has 0 aliphatic rings. The fraction of sp³-hybridized carbons (Fsp3) is 0.105. The topological polar surface area (TPSA) is 90.5 Å². The molecule has 0 unspecified atom stereocenters. The number of anilines is 1. The molecule has 4 aromatic rings. The minimum Gasteiger partial charge on any atom is -0.382 e. The first-order valence-electron chi connectivity index (χ1n) is 8.07. The number of aryl methyl sites for hydroxylation is 1. The number of aromatic nitrogens is 5. The highest BCUT2D eigenvalue weighted by Crippen LogP contribution is 2.23. The van der Waals surface area contributed by atoms with E-state index in [9.17, 15) is 4.39 Å². The van der Waals surface area contributed by atoms with Gasteiger partial charge >= 0.3 is 0 Å². The van der Waals surface area contributed by atoms with E-state index in [0.717, 1.165) is 17.0 Å². The van der Waals surface area contributed by atoms with Crippen LogP contribution in [0.2, 0.25) is 0 Å². The zero-order valence-corrected chi connectivity index (χ0v) is 14.0. The van der Waals surface area contributed by atoms with Crippen LogP contribution in [0.15, 0.2) is 48.5 Å². The molecule has 0 aliphatic carbocycles. The monoisotopic (exact) mass is 346 g/mol. The summed E-state index contributed by atoms with van der Waals surface area (Å²) >= 11 is 0. The molecule has 1 aromatic carbocycles. The van der Waals surface area contributed by atoms with E-state index < -0.39 is 0 Å². The van der Waals surface area contributed by atoms with Crippen molar-refractivity contribution in [3.05, 3.63) is 71.6 Å². The van der Waals surface area contributed by atoms with Crippen LogP contribution in [-0.4, -0.2) is 25.1 Å². The lowest BCUT2D eigenvalue weighted by Crippen LogP contribution is -2.05. The Bertz CT molecular complexity index is 1080. The maximum Gasteiger partial charge on any atom is 0.153 e. The molecular weight excluding hydrogens is 331 g/mol. The third-order valence-corrected chi connectivity index (χ3v) is 3.95. The number of nitrogen functional groups attached to an aromatic ring is 1. The van der Waals surface area contributed by atoms with Crippen molar-refractivity contribution in [2.24, 2.45) is 0 Å². The number of halogens is 1. The Labute approximate surface area is 149 Å². The van der Waals surface area contributed by atoms with Crippen molar-refractivity contribution >= 4 is 16.9 Å². The van der Waals surface area contributed by atoms with E-state index in [1.54, 1.807) is 12.1 Å². The molecule has 0 saturated heterocycles. The molecule has 3 heterocycles. The van der Waals surface area contributed by atoms with Crippen molar-refractivity contribution in [2.75, 3.05) is 5.73 Å². The maximum atomic E-state index is 13.1. The first-order valence-corrected chi connectivity index (χ1v) is 8.07. The SMILES string of the molecule is Cc1ccc(Cc2nc(N)c3nc(-c4ccc(F)cc4)ccc3n2)nn1. The zero-order valence-electron chi connectivity index (χ0n) is 14.0. The highest BCUT2D eigenvalue weighted by Gasteiger charge is 2.10. The third-order valence-electron chi connectivity index (χ3n) is 3.95. The first kappa shape index (κ1) is 16.0. The number of nitrogens with two attached hydrogens (primary N) is 1. The Hall–Kier alpha value is -3.48. The average molecular weight is 346 g/mol. The summed E-state index contributed by atoms with van der Waals surface area (Å²) in [6, 6.07) is 13.6. The van der Waals surface area contributed by atoms with Gasteiger partial charge in [0.2, 0.25) is 0 Å². The lowest BCUT2D eigenvalue weighted by molar-refractivity contribution is 0.628. The predicted octanol–water partition coefficient (Wildman–Crippen LogP) is 3.10. The third kappa shape index (κ3) is 3.19. The van der Waals surface area contributed by atoms with Crippen molar-refractivity contribution in [3.8, 4) is 11.3 Å². The molecule has 3 aromatic heterocycles. The van der Waals surface area contributed by atoms with Crippen LogP contribution in [0.4, 0.5) is 10.2 Å². The highest BCUT2D eigenvalue weighted by atomic mass is 19.1. The number of hydrogen-bond donors (Lipinski definition) is 1. The summed E-state index contributed by atoms with van der Waals surface area (Å²) in [7, 11) is 0. The van der Waals surface area contributed by atoms with E-state index in [1.165, 1.54) is 12.1 Å². The number of hydrogen-bond acceptors (Lipinski definition) is 6. The Balaban J connectivity index is 1.70. The first-order chi connectivity index (χ1) is 12.6. The fourth-order valence-corrected chi connectivity index (χ4v) is 2.63. The van der Waals surface area contributed by atoms with Crippen molar-refractivity contribution in [1.82, 2.24) is 25.1 Å². The molecule has 0 spiro atoms. The van der Waals surface area contributed by atoms with Crippen LogP contribution in [0.5, 0.6) is 0 Å². The van der Waals surface area contributed by atoms with Gasteiger partial charge in [0.25, 0.3) is 0 Å². The Kier molecular flexibility index (Phi) is 3.96. The molecule has 128 valence electrons. The van der Waals surface area contributed by atoms with E-state index in [2.05, 4.69) is 25.1 Å². The van der Waals surface area contributed by atoms with E-state index in [0.29, 0.717) is 34.8 Å². The van der Waals surface area contributed by atoms with E-state index in [1.807, 2.05) is 31.2 Å². The minimum atomic E-state index is -0.291. The average Bonchev–Trinajstić information content (AvgIpc) is 2.64. The molecule has 0 aliphatic heterocycles. The van der Waals surface area contributed by atoms with Gasteiger partial charge in [0, 0.05) is 5.56 Å². The quantitative estimate of drug-likeness (QED) is 0.613. The zero-order chi connectivity index (χ0) is 18.1. The van der Waals surface area contributed by atoms with Crippen LogP contribution >= 0.6 is 0 Å². The molecule has 0 bridgehead atoms. The van der Waals surface area contributed by atoms with Gasteiger partial charge in [-0.05, 0) is 55.5 Å². The van der Waals surface area contributed by atoms with Crippen LogP contribution in [0.3, 0.4) is 0 Å². The normalized spacial score (nSPS) is 11.0. The van der Waals surface area contributed by atoms with Gasteiger partial charge in [-0.25, -0.2) is 19.3 Å². The summed E-state index contributed by atoms with van der Waals surface area (Å²) in [6.07, 6.45) is 0.438. The molecule has 0 fully saturated rings. The summed E-state index contributed by atoms with van der Waals surface area (Å²) in [6.45, 7) is 1.88. The van der Waals surface area contributed by atoms with Crippen LogP contribution in [0.1, 0.15) is 17.2 Å². The number of rotatable bonds is 3. The smallest absolute Gasteiger partial charge is 0.153 e. The number of pyridine rings is 1. The van der Waals surface area contributed by atoms with Gasteiger partial charge in [-0.3, -0.25) is 0 Å². The van der Waals surface area contributed by atoms with Crippen LogP contribution in [0.25, 0.3) is 22.3 Å². The summed E-state index contributed by atoms with van der Waals surface area (Å²) in [5.74, 6) is 0.569. The van der Waals surface area contributed by atoms with E-state index in [4.69, 9.17) is 5.73 Å². The lowest BCUT2D eigenvalue weighted by atomic mass is 10.1. The van der Waals surface area contributed by atoms with Crippen LogP contribution < -0.4 is 5.73 Å². The second-order valence-electron chi connectivity index (χ2n) is 5.94. The number of fused-ring (bicyclic) bond motifs is 1. The van der Waals surface area contributed by atoms with Gasteiger partial charge in [0.05, 0.1) is 29.0 Å². The Morgan fingerprint density at radius 1 is 0.885 bits per heavy atom. The number of nitrogens with zero attached hydrogens (tertiary/aromatic N) is 5. The molecule has 6 nitrogen and oxygen atoms in total. The van der Waals surface area contributed by atoms with Crippen molar-refractivity contribution < 1.29 is 4.39 Å². The van der Waals surface area contributed by atoms with Gasteiger partial charge in [-0.1, -0.05) is 0 Å². The molecule has 0 saturated carbocycles. The van der Waals surface area contributed by atoms with Gasteiger partial charge in [-0.2, -0.15) is 10.2 Å². The molecule has 0 atom stereocenters. The maximum absolute atomic E-state index is 13.1. The van der Waals surface area contributed by atoms with E-state index in [-0.39, 0.29) is 5.82 Å². The minimum absolute atomic E-state index is 0.291. The lowest BCUT2D eigenvalue weighted by Gasteiger charge is -2.07. The van der Waals surface area contributed by atoms with Crippen LogP contribution in [0, 0.1) is 12.7 Å².